The second-order valence-electron chi connectivity index (χ2n) is 8.66. The van der Waals surface area contributed by atoms with Gasteiger partial charge in [0.1, 0.15) is 11.6 Å². The van der Waals surface area contributed by atoms with Crippen molar-refractivity contribution in [2.75, 3.05) is 49.6 Å². The second-order valence-corrected chi connectivity index (χ2v) is 8.66. The van der Waals surface area contributed by atoms with Crippen molar-refractivity contribution < 1.29 is 9.53 Å². The predicted molar refractivity (Wildman–Crippen MR) is 127 cm³/mol. The maximum absolute atomic E-state index is 13.4. The van der Waals surface area contributed by atoms with Gasteiger partial charge in [0.05, 0.1) is 29.8 Å². The molecular formula is C24H28N6O3. The van der Waals surface area contributed by atoms with Crippen molar-refractivity contribution in [3.8, 4) is 0 Å². The molecule has 1 amide bonds. The summed E-state index contributed by atoms with van der Waals surface area (Å²) < 4.78 is 5.44. The van der Waals surface area contributed by atoms with E-state index in [-0.39, 0.29) is 11.5 Å². The maximum atomic E-state index is 13.4. The first-order valence-corrected chi connectivity index (χ1v) is 11.4. The second kappa shape index (κ2) is 9.29. The third-order valence-corrected chi connectivity index (χ3v) is 6.20. The summed E-state index contributed by atoms with van der Waals surface area (Å²) in [4.78, 5) is 41.7. The van der Waals surface area contributed by atoms with Gasteiger partial charge in [-0.2, -0.15) is 0 Å². The van der Waals surface area contributed by atoms with Gasteiger partial charge in [0.25, 0.3) is 5.91 Å². The molecule has 0 saturated carbocycles. The van der Waals surface area contributed by atoms with Crippen LogP contribution in [-0.2, 0) is 11.3 Å². The number of carbonyl (C=O) groups excluding carboxylic acids is 1. The van der Waals surface area contributed by atoms with Gasteiger partial charge >= 0.3 is 0 Å². The average Bonchev–Trinajstić information content (AvgIpc) is 3.35. The molecule has 2 aliphatic heterocycles. The van der Waals surface area contributed by atoms with Crippen molar-refractivity contribution in [1.82, 2.24) is 19.9 Å². The van der Waals surface area contributed by atoms with Gasteiger partial charge in [-0.1, -0.05) is 0 Å². The first-order chi connectivity index (χ1) is 16.1. The zero-order valence-electron chi connectivity index (χ0n) is 18.8. The number of hydrogen-bond donors (Lipinski definition) is 2. The van der Waals surface area contributed by atoms with Crippen LogP contribution in [0.4, 0.5) is 11.6 Å². The molecule has 9 nitrogen and oxygen atoms in total. The minimum absolute atomic E-state index is 0.169. The molecule has 0 atom stereocenters. The molecule has 0 spiro atoms. The van der Waals surface area contributed by atoms with Gasteiger partial charge in [-0.15, -0.1) is 0 Å². The van der Waals surface area contributed by atoms with Crippen LogP contribution in [0.25, 0.3) is 11.0 Å². The molecule has 33 heavy (non-hydrogen) atoms. The third kappa shape index (κ3) is 4.74. The topological polar surface area (TPSA) is 103 Å². The van der Waals surface area contributed by atoms with Crippen LogP contribution < -0.4 is 15.8 Å². The lowest BCUT2D eigenvalue weighted by Gasteiger charge is -2.27. The summed E-state index contributed by atoms with van der Waals surface area (Å²) in [5.41, 5.74) is 3.46. The Morgan fingerprint density at radius 1 is 1.15 bits per heavy atom. The van der Waals surface area contributed by atoms with Crippen LogP contribution in [-0.4, -0.2) is 65.2 Å². The minimum Gasteiger partial charge on any atom is -0.379 e. The van der Waals surface area contributed by atoms with Crippen molar-refractivity contribution in [3.05, 3.63) is 57.5 Å². The van der Waals surface area contributed by atoms with Gasteiger partial charge < -0.3 is 19.9 Å². The lowest BCUT2D eigenvalue weighted by atomic mass is 10.1. The SMILES string of the molecule is Cc1cc(=O)[nH]c2ccc(NC(=O)c3cc(CN4CCOCC4)cnc3N3CCCC3)nc12. The molecular weight excluding hydrogens is 420 g/mol. The number of nitrogens with zero attached hydrogens (tertiary/aromatic N) is 4. The fourth-order valence-corrected chi connectivity index (χ4v) is 4.50. The van der Waals surface area contributed by atoms with E-state index in [4.69, 9.17) is 9.72 Å². The number of aryl methyl sites for hydroxylation is 1. The van der Waals surface area contributed by atoms with Crippen molar-refractivity contribution in [3.63, 3.8) is 0 Å². The van der Waals surface area contributed by atoms with E-state index in [1.165, 1.54) is 6.07 Å². The average molecular weight is 449 g/mol. The molecule has 3 aromatic rings. The molecule has 0 bridgehead atoms. The van der Waals surface area contributed by atoms with Crippen LogP contribution in [0.2, 0.25) is 0 Å². The Bertz CT molecular complexity index is 1230. The number of rotatable bonds is 5. The minimum atomic E-state index is -0.234. The third-order valence-electron chi connectivity index (χ3n) is 6.20. The summed E-state index contributed by atoms with van der Waals surface area (Å²) in [7, 11) is 0. The molecule has 9 heteroatoms. The Morgan fingerprint density at radius 2 is 1.94 bits per heavy atom. The highest BCUT2D eigenvalue weighted by molar-refractivity contribution is 6.07. The highest BCUT2D eigenvalue weighted by Crippen LogP contribution is 2.25. The number of ether oxygens (including phenoxy) is 1. The standard InChI is InChI=1S/C24H28N6O3/c1-16-12-21(31)26-19-4-5-20(27-22(16)19)28-24(32)18-13-17(15-29-8-10-33-11-9-29)14-25-23(18)30-6-2-3-7-30/h4-5,12-14H,2-3,6-11,15H2,1H3,(H,26,31)(H,27,28,32). The van der Waals surface area contributed by atoms with E-state index in [0.717, 1.165) is 75.7 Å². The summed E-state index contributed by atoms with van der Waals surface area (Å²) >= 11 is 0. The zero-order chi connectivity index (χ0) is 22.8. The van der Waals surface area contributed by atoms with Gasteiger partial charge in [0.15, 0.2) is 0 Å². The quantitative estimate of drug-likeness (QED) is 0.617. The van der Waals surface area contributed by atoms with E-state index < -0.39 is 0 Å². The molecule has 0 aliphatic carbocycles. The largest absolute Gasteiger partial charge is 0.379 e. The van der Waals surface area contributed by atoms with Gasteiger partial charge in [-0.3, -0.25) is 14.5 Å². The molecule has 0 aromatic carbocycles. The Hall–Kier alpha value is -3.30. The number of H-pyrrole nitrogens is 1. The normalized spacial score (nSPS) is 16.9. The summed E-state index contributed by atoms with van der Waals surface area (Å²) in [6.07, 6.45) is 4.08. The molecule has 5 rings (SSSR count). The fraction of sp³-hybridized carbons (Fsp3) is 0.417. The van der Waals surface area contributed by atoms with Crippen molar-refractivity contribution >= 4 is 28.6 Å². The van der Waals surface area contributed by atoms with Crippen molar-refractivity contribution in [2.24, 2.45) is 0 Å². The number of hydrogen-bond acceptors (Lipinski definition) is 7. The Balaban J connectivity index is 1.44. The lowest BCUT2D eigenvalue weighted by molar-refractivity contribution is 0.0341. The Labute approximate surface area is 191 Å². The molecule has 172 valence electrons. The summed E-state index contributed by atoms with van der Waals surface area (Å²) in [6.45, 7) is 7.57. The molecule has 2 aliphatic rings. The number of nitrogens with one attached hydrogen (secondary N) is 2. The van der Waals surface area contributed by atoms with E-state index in [1.54, 1.807) is 12.1 Å². The summed E-state index contributed by atoms with van der Waals surface area (Å²) in [6, 6.07) is 6.93. The number of aromatic nitrogens is 3. The van der Waals surface area contributed by atoms with Crippen molar-refractivity contribution in [2.45, 2.75) is 26.3 Å². The van der Waals surface area contributed by atoms with Crippen LogP contribution in [0.5, 0.6) is 0 Å². The molecule has 2 N–H and O–H groups in total. The number of anilines is 2. The predicted octanol–water partition coefficient (Wildman–Crippen LogP) is 2.31. The van der Waals surface area contributed by atoms with E-state index in [2.05, 4.69) is 25.1 Å². The number of morpholine rings is 1. The van der Waals surface area contributed by atoms with Crippen LogP contribution >= 0.6 is 0 Å². The van der Waals surface area contributed by atoms with Gasteiger partial charge in [-0.05, 0) is 49.1 Å². The van der Waals surface area contributed by atoms with E-state index in [1.807, 2.05) is 19.2 Å². The van der Waals surface area contributed by atoms with E-state index in [0.29, 0.717) is 22.4 Å². The Morgan fingerprint density at radius 3 is 2.73 bits per heavy atom. The molecule has 5 heterocycles. The lowest BCUT2D eigenvalue weighted by Crippen LogP contribution is -2.35. The first-order valence-electron chi connectivity index (χ1n) is 11.4. The zero-order valence-corrected chi connectivity index (χ0v) is 18.8. The highest BCUT2D eigenvalue weighted by atomic mass is 16.5. The molecule has 2 saturated heterocycles. The van der Waals surface area contributed by atoms with Gasteiger partial charge in [0, 0.05) is 45.0 Å². The first kappa shape index (κ1) is 21.5. The molecule has 3 aromatic heterocycles. The van der Waals surface area contributed by atoms with Crippen LogP contribution in [0, 0.1) is 6.92 Å². The van der Waals surface area contributed by atoms with Crippen LogP contribution in [0.1, 0.15) is 34.3 Å². The fourth-order valence-electron chi connectivity index (χ4n) is 4.50. The van der Waals surface area contributed by atoms with E-state index >= 15 is 0 Å². The number of carbonyl (C=O) groups is 1. The van der Waals surface area contributed by atoms with Gasteiger partial charge in [-0.25, -0.2) is 9.97 Å². The maximum Gasteiger partial charge on any atom is 0.260 e. The highest BCUT2D eigenvalue weighted by Gasteiger charge is 2.23. The summed E-state index contributed by atoms with van der Waals surface area (Å²) in [5.74, 6) is 0.924. The van der Waals surface area contributed by atoms with Gasteiger partial charge in [0.2, 0.25) is 5.56 Å². The Kier molecular flexibility index (Phi) is 6.06. The number of amides is 1. The monoisotopic (exact) mass is 448 g/mol. The van der Waals surface area contributed by atoms with Crippen LogP contribution in [0.3, 0.4) is 0 Å². The summed E-state index contributed by atoms with van der Waals surface area (Å²) in [5, 5.41) is 2.94. The number of aromatic amines is 1. The molecule has 2 fully saturated rings. The molecule has 0 radical (unpaired) electrons. The van der Waals surface area contributed by atoms with Crippen LogP contribution in [0.15, 0.2) is 35.3 Å². The number of fused-ring (bicyclic) bond motifs is 1. The molecule has 0 unspecified atom stereocenters. The smallest absolute Gasteiger partial charge is 0.260 e. The number of pyridine rings is 3. The van der Waals surface area contributed by atoms with Crippen molar-refractivity contribution in [1.29, 1.82) is 0 Å². The van der Waals surface area contributed by atoms with E-state index in [9.17, 15) is 9.59 Å².